The molecule has 2 rings (SSSR count). The summed E-state index contributed by atoms with van der Waals surface area (Å²) in [5.41, 5.74) is 0.571. The molecule has 0 radical (unpaired) electrons. The number of amides is 1. The third kappa shape index (κ3) is 4.96. The first kappa shape index (κ1) is 18.3. The number of hydrogen-bond donors (Lipinski definition) is 0. The van der Waals surface area contributed by atoms with E-state index in [1.807, 2.05) is 45.0 Å². The molecule has 6 nitrogen and oxygen atoms in total. The lowest BCUT2D eigenvalue weighted by atomic mass is 10.1. The van der Waals surface area contributed by atoms with Gasteiger partial charge in [0.25, 0.3) is 0 Å². The second kappa shape index (κ2) is 7.66. The monoisotopic (exact) mass is 334 g/mol. The van der Waals surface area contributed by atoms with Crippen molar-refractivity contribution in [2.45, 2.75) is 39.0 Å². The highest BCUT2D eigenvalue weighted by atomic mass is 16.6. The molecule has 1 aromatic rings. The minimum absolute atomic E-state index is 0.326. The van der Waals surface area contributed by atoms with E-state index in [0.29, 0.717) is 26.2 Å². The van der Waals surface area contributed by atoms with Crippen molar-refractivity contribution in [3.05, 3.63) is 29.8 Å². The summed E-state index contributed by atoms with van der Waals surface area (Å²) in [6, 6.07) is 7.46. The average molecular weight is 334 g/mol. The Morgan fingerprint density at radius 3 is 2.46 bits per heavy atom. The Morgan fingerprint density at radius 1 is 1.25 bits per heavy atom. The van der Waals surface area contributed by atoms with Crippen LogP contribution in [0.2, 0.25) is 0 Å². The first-order valence-corrected chi connectivity index (χ1v) is 8.12. The first-order valence-electron chi connectivity index (χ1n) is 8.12. The summed E-state index contributed by atoms with van der Waals surface area (Å²) in [5.74, 6) is 0.806. The third-order valence-electron chi connectivity index (χ3n) is 3.89. The highest BCUT2D eigenvalue weighted by molar-refractivity contribution is 5.70. The fraction of sp³-hybridized carbons (Fsp3) is 0.556. The molecule has 24 heavy (non-hydrogen) atoms. The van der Waals surface area contributed by atoms with Crippen molar-refractivity contribution in [1.82, 2.24) is 9.80 Å². The molecule has 0 N–H and O–H groups in total. The lowest BCUT2D eigenvalue weighted by Gasteiger charge is -2.39. The molecule has 1 aliphatic rings. The van der Waals surface area contributed by atoms with Crippen molar-refractivity contribution in [3.8, 4) is 5.75 Å². The summed E-state index contributed by atoms with van der Waals surface area (Å²) in [6.07, 6.45) is 0.540. The number of piperazine rings is 1. The molecule has 1 heterocycles. The number of methoxy groups -OCH3 is 1. The number of rotatable bonds is 4. The summed E-state index contributed by atoms with van der Waals surface area (Å²) < 4.78 is 10.5. The molecule has 1 fully saturated rings. The van der Waals surface area contributed by atoms with E-state index in [2.05, 4.69) is 4.90 Å². The second-order valence-electron chi connectivity index (χ2n) is 6.95. The quantitative estimate of drug-likeness (QED) is 0.791. The largest absolute Gasteiger partial charge is 0.497 e. The summed E-state index contributed by atoms with van der Waals surface area (Å²) in [7, 11) is 1.63. The maximum absolute atomic E-state index is 12.2. The Hall–Kier alpha value is -2.08. The zero-order chi connectivity index (χ0) is 17.7. The molecule has 1 atom stereocenters. The molecule has 0 aromatic heterocycles. The van der Waals surface area contributed by atoms with Crippen LogP contribution in [0.15, 0.2) is 24.3 Å². The third-order valence-corrected chi connectivity index (χ3v) is 3.89. The van der Waals surface area contributed by atoms with Gasteiger partial charge in [0, 0.05) is 26.2 Å². The van der Waals surface area contributed by atoms with Crippen LogP contribution in [0, 0.1) is 0 Å². The standard InChI is InChI=1S/C18H26N2O4/c1-18(2,3)24-17(22)20-10-9-19(15(12-20)13-21)11-14-5-7-16(23-4)8-6-14/h5-8,13,15H,9-12H2,1-4H3/t15-/m0/s1. The molecule has 0 spiro atoms. The van der Waals surface area contributed by atoms with Gasteiger partial charge in [-0.3, -0.25) is 4.90 Å². The molecular formula is C18H26N2O4. The van der Waals surface area contributed by atoms with Gasteiger partial charge in [0.1, 0.15) is 17.6 Å². The number of benzene rings is 1. The predicted molar refractivity (Wildman–Crippen MR) is 91.1 cm³/mol. The van der Waals surface area contributed by atoms with Crippen LogP contribution in [0.25, 0.3) is 0 Å². The maximum Gasteiger partial charge on any atom is 0.410 e. The van der Waals surface area contributed by atoms with E-state index in [4.69, 9.17) is 9.47 Å². The highest BCUT2D eigenvalue weighted by Crippen LogP contribution is 2.18. The van der Waals surface area contributed by atoms with Crippen LogP contribution in [0.3, 0.4) is 0 Å². The molecule has 6 heteroatoms. The van der Waals surface area contributed by atoms with Gasteiger partial charge < -0.3 is 19.2 Å². The average Bonchev–Trinajstić information content (AvgIpc) is 2.54. The van der Waals surface area contributed by atoms with E-state index in [0.717, 1.165) is 17.6 Å². The van der Waals surface area contributed by atoms with Crippen molar-refractivity contribution in [3.63, 3.8) is 0 Å². The van der Waals surface area contributed by atoms with E-state index in [1.165, 1.54) is 0 Å². The molecule has 132 valence electrons. The van der Waals surface area contributed by atoms with Gasteiger partial charge in [0.2, 0.25) is 0 Å². The van der Waals surface area contributed by atoms with E-state index < -0.39 is 5.60 Å². The van der Waals surface area contributed by atoms with Gasteiger partial charge >= 0.3 is 6.09 Å². The molecule has 1 amide bonds. The molecular weight excluding hydrogens is 308 g/mol. The predicted octanol–water partition coefficient (Wildman–Crippen LogP) is 2.32. The van der Waals surface area contributed by atoms with Gasteiger partial charge in [-0.25, -0.2) is 4.79 Å². The van der Waals surface area contributed by atoms with E-state index in [-0.39, 0.29) is 12.1 Å². The SMILES string of the molecule is COc1ccc(CN2CCN(C(=O)OC(C)(C)C)C[C@H]2C=O)cc1. The summed E-state index contributed by atoms with van der Waals surface area (Å²) in [4.78, 5) is 27.3. The molecule has 1 aromatic carbocycles. The van der Waals surface area contributed by atoms with Crippen LogP contribution in [0.5, 0.6) is 5.75 Å². The first-order chi connectivity index (χ1) is 11.3. The fourth-order valence-electron chi connectivity index (χ4n) is 2.63. The number of aldehydes is 1. The minimum Gasteiger partial charge on any atom is -0.497 e. The van der Waals surface area contributed by atoms with Gasteiger partial charge in [-0.05, 0) is 38.5 Å². The minimum atomic E-state index is -0.534. The number of carbonyl (C=O) groups is 2. The van der Waals surface area contributed by atoms with E-state index in [9.17, 15) is 9.59 Å². The number of hydrogen-bond acceptors (Lipinski definition) is 5. The topological polar surface area (TPSA) is 59.1 Å². The van der Waals surface area contributed by atoms with Crippen molar-refractivity contribution in [2.75, 3.05) is 26.7 Å². The van der Waals surface area contributed by atoms with Gasteiger partial charge in [-0.15, -0.1) is 0 Å². The van der Waals surface area contributed by atoms with Gasteiger partial charge in [-0.2, -0.15) is 0 Å². The second-order valence-corrected chi connectivity index (χ2v) is 6.95. The molecule has 1 saturated heterocycles. The van der Waals surface area contributed by atoms with Gasteiger partial charge in [0.05, 0.1) is 13.2 Å². The van der Waals surface area contributed by atoms with Crippen molar-refractivity contribution in [1.29, 1.82) is 0 Å². The van der Waals surface area contributed by atoms with Crippen LogP contribution < -0.4 is 4.74 Å². The Labute approximate surface area is 143 Å². The zero-order valence-electron chi connectivity index (χ0n) is 14.8. The van der Waals surface area contributed by atoms with Crippen molar-refractivity contribution >= 4 is 12.4 Å². The van der Waals surface area contributed by atoms with Crippen molar-refractivity contribution < 1.29 is 19.1 Å². The van der Waals surface area contributed by atoms with Crippen LogP contribution in [-0.4, -0.2) is 60.6 Å². The number of ether oxygens (including phenoxy) is 2. The number of nitrogens with zero attached hydrogens (tertiary/aromatic N) is 2. The van der Waals surface area contributed by atoms with Crippen molar-refractivity contribution in [2.24, 2.45) is 0 Å². The molecule has 0 saturated carbocycles. The normalized spacial score (nSPS) is 19.0. The lowest BCUT2D eigenvalue weighted by molar-refractivity contribution is -0.114. The summed E-state index contributed by atoms with van der Waals surface area (Å²) in [6.45, 7) is 7.71. The molecule has 0 bridgehead atoms. The smallest absolute Gasteiger partial charge is 0.410 e. The highest BCUT2D eigenvalue weighted by Gasteiger charge is 2.31. The van der Waals surface area contributed by atoms with E-state index >= 15 is 0 Å². The van der Waals surface area contributed by atoms with E-state index in [1.54, 1.807) is 12.0 Å². The van der Waals surface area contributed by atoms with Crippen LogP contribution >= 0.6 is 0 Å². The van der Waals surface area contributed by atoms with Gasteiger partial charge in [-0.1, -0.05) is 12.1 Å². The fourth-order valence-corrected chi connectivity index (χ4v) is 2.63. The molecule has 1 aliphatic heterocycles. The van der Waals surface area contributed by atoms with Crippen LogP contribution in [0.1, 0.15) is 26.3 Å². The zero-order valence-corrected chi connectivity index (χ0v) is 14.8. The Morgan fingerprint density at radius 2 is 1.92 bits per heavy atom. The van der Waals surface area contributed by atoms with Gasteiger partial charge in [0.15, 0.2) is 0 Å². The van der Waals surface area contributed by atoms with Crippen LogP contribution in [-0.2, 0) is 16.1 Å². The summed E-state index contributed by atoms with van der Waals surface area (Å²) >= 11 is 0. The number of carbonyl (C=O) groups excluding carboxylic acids is 2. The van der Waals surface area contributed by atoms with Crippen LogP contribution in [0.4, 0.5) is 4.79 Å². The molecule has 0 aliphatic carbocycles. The Kier molecular flexibility index (Phi) is 5.83. The Bertz CT molecular complexity index is 565. The lowest BCUT2D eigenvalue weighted by Crippen LogP contribution is -2.55. The molecule has 0 unspecified atom stereocenters. The summed E-state index contributed by atoms with van der Waals surface area (Å²) in [5, 5.41) is 0. The Balaban J connectivity index is 1.97. The maximum atomic E-state index is 12.2.